The fourth-order valence-electron chi connectivity index (χ4n) is 2.01. The van der Waals surface area contributed by atoms with Crippen molar-refractivity contribution in [1.29, 1.82) is 0 Å². The summed E-state index contributed by atoms with van der Waals surface area (Å²) in [6, 6.07) is 0.687. The van der Waals surface area contributed by atoms with E-state index in [4.69, 9.17) is 21.1 Å². The van der Waals surface area contributed by atoms with Crippen LogP contribution in [-0.4, -0.2) is 34.5 Å². The molecular formula is C11H12ClNO4. The minimum Gasteiger partial charge on any atom is -0.480 e. The molecule has 2 rings (SSSR count). The second-order valence-corrected chi connectivity index (χ2v) is 4.35. The van der Waals surface area contributed by atoms with Gasteiger partial charge in [0.1, 0.15) is 6.04 Å². The van der Waals surface area contributed by atoms with Crippen LogP contribution in [0.2, 0.25) is 5.02 Å². The Morgan fingerprint density at radius 2 is 2.24 bits per heavy atom. The zero-order valence-electron chi connectivity index (χ0n) is 9.06. The third-order valence-corrected chi connectivity index (χ3v) is 3.16. The lowest BCUT2D eigenvalue weighted by atomic mass is 10.0. The van der Waals surface area contributed by atoms with Crippen LogP contribution in [0, 0.1) is 0 Å². The van der Waals surface area contributed by atoms with E-state index in [0.29, 0.717) is 13.0 Å². The number of carbonyl (C=O) groups is 2. The molecule has 0 aliphatic carbocycles. The van der Waals surface area contributed by atoms with Crippen molar-refractivity contribution in [2.45, 2.75) is 25.3 Å². The quantitative estimate of drug-likeness (QED) is 0.880. The van der Waals surface area contributed by atoms with Crippen molar-refractivity contribution in [3.63, 3.8) is 0 Å². The highest BCUT2D eigenvalue weighted by molar-refractivity contribution is 6.33. The number of hydrogen-bond donors (Lipinski definition) is 1. The molecule has 0 spiro atoms. The number of carboxylic acids is 1. The molecule has 1 aliphatic rings. The average molecular weight is 258 g/mol. The third-order valence-electron chi connectivity index (χ3n) is 2.86. The Labute approximate surface area is 103 Å². The number of rotatable bonds is 2. The Hall–Kier alpha value is -1.49. The maximum absolute atomic E-state index is 12.1. The van der Waals surface area contributed by atoms with Crippen molar-refractivity contribution in [2.75, 3.05) is 6.54 Å². The topological polar surface area (TPSA) is 70.8 Å². The fourth-order valence-corrected chi connectivity index (χ4v) is 2.18. The first kappa shape index (κ1) is 12.0. The van der Waals surface area contributed by atoms with Crippen LogP contribution in [0.1, 0.15) is 29.8 Å². The van der Waals surface area contributed by atoms with Crippen molar-refractivity contribution >= 4 is 23.5 Å². The van der Waals surface area contributed by atoms with E-state index < -0.39 is 17.9 Å². The largest absolute Gasteiger partial charge is 0.480 e. The summed E-state index contributed by atoms with van der Waals surface area (Å²) >= 11 is 5.79. The summed E-state index contributed by atoms with van der Waals surface area (Å²) in [5, 5.41) is 9.28. The van der Waals surface area contributed by atoms with E-state index in [0.717, 1.165) is 12.8 Å². The van der Waals surface area contributed by atoms with Gasteiger partial charge in [0.15, 0.2) is 0 Å². The van der Waals surface area contributed by atoms with Crippen LogP contribution in [-0.2, 0) is 4.79 Å². The summed E-state index contributed by atoms with van der Waals surface area (Å²) in [7, 11) is 0. The van der Waals surface area contributed by atoms with Gasteiger partial charge in [-0.1, -0.05) is 11.6 Å². The molecule has 1 fully saturated rings. The summed E-state index contributed by atoms with van der Waals surface area (Å²) < 4.78 is 4.99. The Balaban J connectivity index is 2.23. The van der Waals surface area contributed by atoms with Crippen molar-refractivity contribution in [3.8, 4) is 0 Å². The van der Waals surface area contributed by atoms with Gasteiger partial charge in [0, 0.05) is 6.54 Å². The number of halogens is 1. The van der Waals surface area contributed by atoms with Crippen LogP contribution in [0.25, 0.3) is 0 Å². The van der Waals surface area contributed by atoms with Gasteiger partial charge in [-0.3, -0.25) is 4.79 Å². The highest BCUT2D eigenvalue weighted by Gasteiger charge is 2.34. The summed E-state index contributed by atoms with van der Waals surface area (Å²) in [6.45, 7) is 0.423. The lowest BCUT2D eigenvalue weighted by Crippen LogP contribution is -2.47. The lowest BCUT2D eigenvalue weighted by Gasteiger charge is -2.32. The van der Waals surface area contributed by atoms with Crippen molar-refractivity contribution < 1.29 is 19.1 Å². The van der Waals surface area contributed by atoms with Gasteiger partial charge in [0.2, 0.25) is 5.76 Å². The van der Waals surface area contributed by atoms with Crippen LogP contribution in [0.15, 0.2) is 16.7 Å². The Kier molecular flexibility index (Phi) is 3.38. The van der Waals surface area contributed by atoms with Gasteiger partial charge in [0.05, 0.1) is 11.3 Å². The molecule has 0 aromatic carbocycles. The van der Waals surface area contributed by atoms with Gasteiger partial charge in [-0.05, 0) is 25.3 Å². The molecule has 6 heteroatoms. The number of amides is 1. The monoisotopic (exact) mass is 257 g/mol. The molecule has 0 saturated carbocycles. The average Bonchev–Trinajstić information content (AvgIpc) is 2.74. The second kappa shape index (κ2) is 4.79. The van der Waals surface area contributed by atoms with Crippen LogP contribution < -0.4 is 0 Å². The maximum atomic E-state index is 12.1. The fraction of sp³-hybridized carbons (Fsp3) is 0.455. The van der Waals surface area contributed by atoms with E-state index in [-0.39, 0.29) is 10.8 Å². The minimum absolute atomic E-state index is 0.0137. The van der Waals surface area contributed by atoms with Crippen molar-refractivity contribution in [1.82, 2.24) is 4.90 Å². The zero-order valence-corrected chi connectivity index (χ0v) is 9.81. The SMILES string of the molecule is O=C(O)C1CCCCN1C(=O)c1occc1Cl. The molecule has 1 aromatic heterocycles. The Morgan fingerprint density at radius 3 is 2.82 bits per heavy atom. The van der Waals surface area contributed by atoms with Crippen molar-refractivity contribution in [2.24, 2.45) is 0 Å². The van der Waals surface area contributed by atoms with Gasteiger partial charge in [0.25, 0.3) is 5.91 Å². The molecule has 92 valence electrons. The van der Waals surface area contributed by atoms with Crippen LogP contribution in [0.5, 0.6) is 0 Å². The third kappa shape index (κ3) is 2.29. The van der Waals surface area contributed by atoms with E-state index in [1.54, 1.807) is 0 Å². The van der Waals surface area contributed by atoms with Gasteiger partial charge < -0.3 is 14.4 Å². The minimum atomic E-state index is -0.985. The number of carboxylic acid groups (broad SMARTS) is 1. The van der Waals surface area contributed by atoms with Crippen molar-refractivity contribution in [3.05, 3.63) is 23.1 Å². The van der Waals surface area contributed by atoms with Gasteiger partial charge in [-0.25, -0.2) is 4.79 Å². The first-order chi connectivity index (χ1) is 8.11. The van der Waals surface area contributed by atoms with Crippen LogP contribution >= 0.6 is 11.6 Å². The summed E-state index contributed by atoms with van der Waals surface area (Å²) in [4.78, 5) is 24.5. The predicted molar refractivity (Wildman–Crippen MR) is 60.0 cm³/mol. The molecule has 1 unspecified atom stereocenters. The molecule has 1 aromatic rings. The number of hydrogen-bond acceptors (Lipinski definition) is 3. The first-order valence-corrected chi connectivity index (χ1v) is 5.76. The number of likely N-dealkylation sites (tertiary alicyclic amines) is 1. The van der Waals surface area contributed by atoms with E-state index in [2.05, 4.69) is 0 Å². The molecule has 0 radical (unpaired) electrons. The van der Waals surface area contributed by atoms with E-state index >= 15 is 0 Å². The number of carbonyl (C=O) groups excluding carboxylic acids is 1. The number of nitrogens with zero attached hydrogens (tertiary/aromatic N) is 1. The molecule has 5 nitrogen and oxygen atoms in total. The summed E-state index contributed by atoms with van der Waals surface area (Å²) in [6.07, 6.45) is 3.40. The molecule has 2 heterocycles. The van der Waals surface area contributed by atoms with Gasteiger partial charge in [-0.2, -0.15) is 0 Å². The molecule has 17 heavy (non-hydrogen) atoms. The Morgan fingerprint density at radius 1 is 1.47 bits per heavy atom. The number of furan rings is 1. The molecule has 0 bridgehead atoms. The number of aliphatic carboxylic acids is 1. The van der Waals surface area contributed by atoms with Gasteiger partial charge in [-0.15, -0.1) is 0 Å². The molecule has 1 saturated heterocycles. The first-order valence-electron chi connectivity index (χ1n) is 5.38. The molecular weight excluding hydrogens is 246 g/mol. The van der Waals surface area contributed by atoms with Crippen LogP contribution in [0.3, 0.4) is 0 Å². The summed E-state index contributed by atoms with van der Waals surface area (Å²) in [5.74, 6) is -1.42. The smallest absolute Gasteiger partial charge is 0.326 e. The maximum Gasteiger partial charge on any atom is 0.326 e. The standard InChI is InChI=1S/C11H12ClNO4/c12-7-4-6-17-9(7)10(14)13-5-2-1-3-8(13)11(15)16/h4,6,8H,1-3,5H2,(H,15,16). The summed E-state index contributed by atoms with van der Waals surface area (Å²) in [5.41, 5.74) is 0. The molecule has 1 atom stereocenters. The highest BCUT2D eigenvalue weighted by atomic mass is 35.5. The zero-order chi connectivity index (χ0) is 12.4. The number of piperidine rings is 1. The normalized spacial score (nSPS) is 20.3. The van der Waals surface area contributed by atoms with E-state index in [1.807, 2.05) is 0 Å². The predicted octanol–water partition coefficient (Wildman–Crippen LogP) is 2.01. The van der Waals surface area contributed by atoms with Crippen LogP contribution in [0.4, 0.5) is 0 Å². The second-order valence-electron chi connectivity index (χ2n) is 3.95. The highest BCUT2D eigenvalue weighted by Crippen LogP contribution is 2.24. The van der Waals surface area contributed by atoms with Gasteiger partial charge >= 0.3 is 5.97 Å². The molecule has 1 aliphatic heterocycles. The lowest BCUT2D eigenvalue weighted by molar-refractivity contribution is -0.143. The molecule has 1 amide bonds. The van der Waals surface area contributed by atoms with E-state index in [9.17, 15) is 9.59 Å². The van der Waals surface area contributed by atoms with E-state index in [1.165, 1.54) is 17.2 Å². The Bertz CT molecular complexity index is 442. The molecule has 1 N–H and O–H groups in total.